The van der Waals surface area contributed by atoms with E-state index < -0.39 is 21.8 Å². The predicted octanol–water partition coefficient (Wildman–Crippen LogP) is 3.83. The molecule has 0 bridgehead atoms. The molecule has 4 nitrogen and oxygen atoms in total. The molecule has 138 valence electrons. The average molecular weight is 448 g/mol. The van der Waals surface area contributed by atoms with Gasteiger partial charge in [0.25, 0.3) is 0 Å². The molecular formula is C17H13BrF3NO3S. The maximum atomic E-state index is 12.6. The highest BCUT2D eigenvalue weighted by molar-refractivity contribution is 9.10. The molecule has 0 atom stereocenters. The third-order valence-electron chi connectivity index (χ3n) is 3.07. The van der Waals surface area contributed by atoms with Crippen LogP contribution in [0.3, 0.4) is 0 Å². The van der Waals surface area contributed by atoms with Crippen LogP contribution in [-0.4, -0.2) is 21.6 Å². The molecule has 0 unspecified atom stereocenters. The third-order valence-corrected chi connectivity index (χ3v) is 5.02. The van der Waals surface area contributed by atoms with Gasteiger partial charge in [-0.2, -0.15) is 17.9 Å². The summed E-state index contributed by atoms with van der Waals surface area (Å²) in [4.78, 5) is 0.0997. The van der Waals surface area contributed by atoms with Crippen molar-refractivity contribution in [3.63, 3.8) is 0 Å². The number of hydrogen-bond acceptors (Lipinski definition) is 3. The normalized spacial score (nSPS) is 11.5. The van der Waals surface area contributed by atoms with Crippen molar-refractivity contribution in [3.05, 3.63) is 58.6 Å². The number of benzene rings is 2. The van der Waals surface area contributed by atoms with Gasteiger partial charge in [-0.1, -0.05) is 33.8 Å². The maximum absolute atomic E-state index is 12.6. The molecule has 0 aliphatic carbocycles. The largest absolute Gasteiger partial charge is 0.481 e. The minimum Gasteiger partial charge on any atom is -0.481 e. The van der Waals surface area contributed by atoms with Gasteiger partial charge < -0.3 is 4.74 Å². The number of alkyl halides is 3. The quantitative estimate of drug-likeness (QED) is 0.708. The molecule has 2 rings (SSSR count). The molecule has 0 spiro atoms. The van der Waals surface area contributed by atoms with Gasteiger partial charge in [0.2, 0.25) is 10.0 Å². The van der Waals surface area contributed by atoms with Gasteiger partial charge in [0, 0.05) is 4.47 Å². The van der Waals surface area contributed by atoms with E-state index in [-0.39, 0.29) is 23.8 Å². The molecule has 2 aromatic rings. The SMILES string of the molecule is O=S(=O)(NCC#CCOc1cccc(C(F)(F)F)c1)c1ccc(Br)cc1. The van der Waals surface area contributed by atoms with E-state index in [0.29, 0.717) is 0 Å². The number of sulfonamides is 1. The number of hydrogen-bond donors (Lipinski definition) is 1. The molecule has 0 aromatic heterocycles. The highest BCUT2D eigenvalue weighted by Gasteiger charge is 2.30. The van der Waals surface area contributed by atoms with Crippen LogP contribution in [0.25, 0.3) is 0 Å². The van der Waals surface area contributed by atoms with Crippen LogP contribution in [-0.2, 0) is 16.2 Å². The van der Waals surface area contributed by atoms with E-state index >= 15 is 0 Å². The Morgan fingerprint density at radius 2 is 1.77 bits per heavy atom. The van der Waals surface area contributed by atoms with E-state index in [1.807, 2.05) is 0 Å². The number of nitrogens with one attached hydrogen (secondary N) is 1. The number of rotatable bonds is 5. The lowest BCUT2D eigenvalue weighted by Gasteiger charge is -2.08. The average Bonchev–Trinajstić information content (AvgIpc) is 2.58. The summed E-state index contributed by atoms with van der Waals surface area (Å²) >= 11 is 3.21. The smallest absolute Gasteiger partial charge is 0.416 e. The molecule has 0 saturated heterocycles. The van der Waals surface area contributed by atoms with Gasteiger partial charge in [-0.15, -0.1) is 0 Å². The molecule has 0 fully saturated rings. The number of halogens is 4. The first-order valence-electron chi connectivity index (χ1n) is 7.19. The second-order valence-electron chi connectivity index (χ2n) is 4.95. The van der Waals surface area contributed by atoms with Gasteiger partial charge in [-0.25, -0.2) is 8.42 Å². The Hall–Kier alpha value is -2.02. The lowest BCUT2D eigenvalue weighted by Crippen LogP contribution is -2.24. The molecule has 0 radical (unpaired) electrons. The van der Waals surface area contributed by atoms with Crippen LogP contribution < -0.4 is 9.46 Å². The molecule has 0 amide bonds. The van der Waals surface area contributed by atoms with Crippen molar-refractivity contribution < 1.29 is 26.3 Å². The zero-order valence-electron chi connectivity index (χ0n) is 13.2. The lowest BCUT2D eigenvalue weighted by atomic mass is 10.2. The van der Waals surface area contributed by atoms with Crippen LogP contribution in [0.4, 0.5) is 13.2 Å². The zero-order chi connectivity index (χ0) is 19.2. The van der Waals surface area contributed by atoms with E-state index in [4.69, 9.17) is 4.74 Å². The van der Waals surface area contributed by atoms with Gasteiger partial charge in [0.1, 0.15) is 12.4 Å². The molecule has 0 aliphatic rings. The zero-order valence-corrected chi connectivity index (χ0v) is 15.6. The Morgan fingerprint density at radius 1 is 1.08 bits per heavy atom. The summed E-state index contributed by atoms with van der Waals surface area (Å²) < 4.78 is 69.9. The topological polar surface area (TPSA) is 55.4 Å². The van der Waals surface area contributed by atoms with Gasteiger partial charge in [-0.3, -0.25) is 0 Å². The highest BCUT2D eigenvalue weighted by Crippen LogP contribution is 2.31. The van der Waals surface area contributed by atoms with Gasteiger partial charge >= 0.3 is 6.18 Å². The second kappa shape index (κ2) is 8.58. The molecular weight excluding hydrogens is 435 g/mol. The summed E-state index contributed by atoms with van der Waals surface area (Å²) in [6.45, 7) is -0.314. The molecule has 2 aromatic carbocycles. The first-order chi connectivity index (χ1) is 12.2. The predicted molar refractivity (Wildman–Crippen MR) is 94.0 cm³/mol. The van der Waals surface area contributed by atoms with Gasteiger partial charge in [0.05, 0.1) is 17.0 Å². The van der Waals surface area contributed by atoms with Crippen molar-refractivity contribution in [3.8, 4) is 17.6 Å². The van der Waals surface area contributed by atoms with Crippen LogP contribution in [0.15, 0.2) is 57.9 Å². The standard InChI is InChI=1S/C17H13BrF3NO3S/c18-14-6-8-16(9-7-14)26(23,24)22-10-1-2-11-25-15-5-3-4-13(12-15)17(19,20)21/h3-9,12,22H,10-11H2. The highest BCUT2D eigenvalue weighted by atomic mass is 79.9. The Morgan fingerprint density at radius 3 is 2.42 bits per heavy atom. The van der Waals surface area contributed by atoms with Crippen molar-refractivity contribution in [2.24, 2.45) is 0 Å². The van der Waals surface area contributed by atoms with E-state index in [9.17, 15) is 21.6 Å². The van der Waals surface area contributed by atoms with E-state index in [1.54, 1.807) is 12.1 Å². The maximum Gasteiger partial charge on any atom is 0.416 e. The summed E-state index contributed by atoms with van der Waals surface area (Å²) in [6, 6.07) is 10.5. The summed E-state index contributed by atoms with van der Waals surface area (Å²) in [5, 5.41) is 0. The summed E-state index contributed by atoms with van der Waals surface area (Å²) in [6.07, 6.45) is -4.45. The Kier molecular flexibility index (Phi) is 6.69. The third kappa shape index (κ3) is 6.05. The van der Waals surface area contributed by atoms with Crippen molar-refractivity contribution in [2.75, 3.05) is 13.2 Å². The summed E-state index contributed by atoms with van der Waals surface area (Å²) in [5.74, 6) is 5.11. The van der Waals surface area contributed by atoms with Crippen molar-refractivity contribution in [1.29, 1.82) is 0 Å². The summed E-state index contributed by atoms with van der Waals surface area (Å²) in [7, 11) is -3.68. The fourth-order valence-electron chi connectivity index (χ4n) is 1.82. The van der Waals surface area contributed by atoms with Crippen LogP contribution in [0, 0.1) is 11.8 Å². The first-order valence-corrected chi connectivity index (χ1v) is 9.47. The fourth-order valence-corrected chi connectivity index (χ4v) is 3.01. The van der Waals surface area contributed by atoms with Crippen molar-refractivity contribution in [1.82, 2.24) is 4.72 Å². The van der Waals surface area contributed by atoms with Crippen LogP contribution >= 0.6 is 15.9 Å². The molecule has 0 aliphatic heterocycles. The Labute approximate surface area is 157 Å². The van der Waals surface area contributed by atoms with Crippen LogP contribution in [0.2, 0.25) is 0 Å². The minimum atomic E-state index is -4.45. The molecule has 26 heavy (non-hydrogen) atoms. The first kappa shape index (κ1) is 20.3. The molecule has 0 heterocycles. The fraction of sp³-hybridized carbons (Fsp3) is 0.176. The van der Waals surface area contributed by atoms with Crippen LogP contribution in [0.1, 0.15) is 5.56 Å². The Balaban J connectivity index is 1.85. The van der Waals surface area contributed by atoms with E-state index in [2.05, 4.69) is 32.5 Å². The second-order valence-corrected chi connectivity index (χ2v) is 7.63. The van der Waals surface area contributed by atoms with Gasteiger partial charge in [0.15, 0.2) is 0 Å². The Bertz CT molecular complexity index is 917. The van der Waals surface area contributed by atoms with E-state index in [1.165, 1.54) is 24.3 Å². The molecule has 0 saturated carbocycles. The van der Waals surface area contributed by atoms with Crippen molar-refractivity contribution >= 4 is 26.0 Å². The van der Waals surface area contributed by atoms with Crippen LogP contribution in [0.5, 0.6) is 5.75 Å². The van der Waals surface area contributed by atoms with E-state index in [0.717, 1.165) is 16.6 Å². The molecule has 9 heteroatoms. The number of ether oxygens (including phenoxy) is 1. The minimum absolute atomic E-state index is 0.0320. The monoisotopic (exact) mass is 447 g/mol. The van der Waals surface area contributed by atoms with Gasteiger partial charge in [-0.05, 0) is 42.5 Å². The molecule has 1 N–H and O–H groups in total. The summed E-state index contributed by atoms with van der Waals surface area (Å²) in [5.41, 5.74) is -0.815. The lowest BCUT2D eigenvalue weighted by molar-refractivity contribution is -0.137. The van der Waals surface area contributed by atoms with Crippen molar-refractivity contribution in [2.45, 2.75) is 11.1 Å².